The molecular formula is C30H34F3N3O3. The summed E-state index contributed by atoms with van der Waals surface area (Å²) < 4.78 is 45.3. The van der Waals surface area contributed by atoms with Crippen molar-refractivity contribution in [3.05, 3.63) is 64.5 Å². The van der Waals surface area contributed by atoms with Gasteiger partial charge in [-0.15, -0.1) is 0 Å². The van der Waals surface area contributed by atoms with Gasteiger partial charge in [-0.2, -0.15) is 13.2 Å². The first-order valence-electron chi connectivity index (χ1n) is 14.0. The molecule has 1 aromatic heterocycles. The Morgan fingerprint density at radius 2 is 1.92 bits per heavy atom. The molecule has 3 unspecified atom stereocenters. The van der Waals surface area contributed by atoms with E-state index >= 15 is 0 Å². The Balaban J connectivity index is 1.13. The van der Waals surface area contributed by atoms with Crippen LogP contribution in [0.5, 0.6) is 0 Å². The molecule has 6 rings (SSSR count). The first-order valence-corrected chi connectivity index (χ1v) is 14.0. The van der Waals surface area contributed by atoms with E-state index in [4.69, 9.17) is 4.74 Å². The van der Waals surface area contributed by atoms with Gasteiger partial charge in [-0.05, 0) is 84.7 Å². The minimum Gasteiger partial charge on any atom is -0.380 e. The van der Waals surface area contributed by atoms with E-state index in [9.17, 15) is 22.8 Å². The van der Waals surface area contributed by atoms with E-state index in [0.717, 1.165) is 64.1 Å². The van der Waals surface area contributed by atoms with Gasteiger partial charge in [-0.1, -0.05) is 6.07 Å². The van der Waals surface area contributed by atoms with Crippen molar-refractivity contribution in [3.8, 4) is 0 Å². The zero-order chi connectivity index (χ0) is 27.1. The van der Waals surface area contributed by atoms with Crippen LogP contribution in [-0.2, 0) is 28.5 Å². The van der Waals surface area contributed by atoms with Gasteiger partial charge in [0.15, 0.2) is 5.78 Å². The highest BCUT2D eigenvalue weighted by Crippen LogP contribution is 2.42. The smallest absolute Gasteiger partial charge is 0.380 e. The van der Waals surface area contributed by atoms with Gasteiger partial charge in [-0.3, -0.25) is 19.5 Å². The average Bonchev–Trinajstić information content (AvgIpc) is 3.66. The van der Waals surface area contributed by atoms with E-state index < -0.39 is 17.6 Å². The van der Waals surface area contributed by atoms with Gasteiger partial charge in [0.25, 0.3) is 5.91 Å². The van der Waals surface area contributed by atoms with E-state index in [1.807, 2.05) is 12.4 Å². The van der Waals surface area contributed by atoms with Gasteiger partial charge in [0.2, 0.25) is 0 Å². The quantitative estimate of drug-likeness (QED) is 0.516. The number of carbonyl (C=O) groups excluding carboxylic acids is 2. The first-order chi connectivity index (χ1) is 18.8. The third-order valence-corrected chi connectivity index (χ3v) is 9.23. The summed E-state index contributed by atoms with van der Waals surface area (Å²) in [5.74, 6) is 0.477. The lowest BCUT2D eigenvalue weighted by Gasteiger charge is -2.29. The van der Waals surface area contributed by atoms with Crippen molar-refractivity contribution in [1.82, 2.24) is 14.8 Å². The fraction of sp³-hybridized carbons (Fsp3) is 0.567. The van der Waals surface area contributed by atoms with Crippen molar-refractivity contribution in [1.29, 1.82) is 0 Å². The maximum absolute atomic E-state index is 13.3. The molecule has 4 heterocycles. The number of nitrogens with zero attached hydrogens (tertiary/aromatic N) is 3. The number of benzene rings is 1. The molecular weight excluding hydrogens is 507 g/mol. The number of likely N-dealkylation sites (tertiary alicyclic amines) is 1. The van der Waals surface area contributed by atoms with E-state index in [0.29, 0.717) is 42.8 Å². The molecule has 208 valence electrons. The summed E-state index contributed by atoms with van der Waals surface area (Å²) >= 11 is 0. The average molecular weight is 542 g/mol. The number of aryl methyl sites for hydroxylation is 1. The Bertz CT molecular complexity index is 1240. The summed E-state index contributed by atoms with van der Waals surface area (Å²) in [4.78, 5) is 34.7. The SMILES string of the molecule is O=C(CC1CN(C2CCOC2)C[C@@H]1CC1CCc2ccncc21)CN1CCc2ccc(C(F)(F)F)cc2C1=O. The summed E-state index contributed by atoms with van der Waals surface area (Å²) in [6.45, 7) is 3.56. The van der Waals surface area contributed by atoms with Crippen LogP contribution in [0.2, 0.25) is 0 Å². The largest absolute Gasteiger partial charge is 0.416 e. The highest BCUT2D eigenvalue weighted by Gasteiger charge is 2.41. The van der Waals surface area contributed by atoms with Crippen LogP contribution >= 0.6 is 0 Å². The molecule has 0 spiro atoms. The molecule has 0 N–H and O–H groups in total. The monoisotopic (exact) mass is 541 g/mol. The number of hydrogen-bond acceptors (Lipinski definition) is 5. The molecule has 9 heteroatoms. The topological polar surface area (TPSA) is 62.7 Å². The summed E-state index contributed by atoms with van der Waals surface area (Å²) in [5, 5.41) is 0. The molecule has 4 atom stereocenters. The number of pyridine rings is 1. The second-order valence-corrected chi connectivity index (χ2v) is 11.6. The van der Waals surface area contributed by atoms with Crippen LogP contribution in [0.4, 0.5) is 13.2 Å². The van der Waals surface area contributed by atoms with E-state index in [1.54, 1.807) is 0 Å². The molecule has 0 saturated carbocycles. The number of ether oxygens (including phenoxy) is 1. The summed E-state index contributed by atoms with van der Waals surface area (Å²) in [6, 6.07) is 5.83. The Labute approximate surface area is 226 Å². The van der Waals surface area contributed by atoms with Crippen molar-refractivity contribution in [2.75, 3.05) is 39.4 Å². The van der Waals surface area contributed by atoms with E-state index in [1.165, 1.54) is 22.1 Å². The maximum atomic E-state index is 13.3. The summed E-state index contributed by atoms with van der Waals surface area (Å²) in [7, 11) is 0. The van der Waals surface area contributed by atoms with Gasteiger partial charge in [-0.25, -0.2) is 0 Å². The predicted molar refractivity (Wildman–Crippen MR) is 138 cm³/mol. The number of Topliss-reactive ketones (excluding diaryl/α,β-unsaturated/α-hetero) is 1. The maximum Gasteiger partial charge on any atom is 0.416 e. The molecule has 6 nitrogen and oxygen atoms in total. The number of carbonyl (C=O) groups is 2. The number of halogens is 3. The zero-order valence-corrected chi connectivity index (χ0v) is 22.0. The normalized spacial score (nSPS) is 27.2. The van der Waals surface area contributed by atoms with Crippen molar-refractivity contribution < 1.29 is 27.5 Å². The summed E-state index contributed by atoms with van der Waals surface area (Å²) in [5.41, 5.74) is 2.54. The van der Waals surface area contributed by atoms with Gasteiger partial charge in [0, 0.05) is 56.7 Å². The minimum atomic E-state index is -4.52. The predicted octanol–water partition coefficient (Wildman–Crippen LogP) is 4.51. The fourth-order valence-corrected chi connectivity index (χ4v) is 7.13. The van der Waals surface area contributed by atoms with Gasteiger partial charge in [0.05, 0.1) is 18.7 Å². The van der Waals surface area contributed by atoms with E-state index in [-0.39, 0.29) is 23.8 Å². The number of hydrogen-bond donors (Lipinski definition) is 0. The second-order valence-electron chi connectivity index (χ2n) is 11.6. The molecule has 2 saturated heterocycles. The lowest BCUT2D eigenvalue weighted by molar-refractivity contribution is -0.137. The first kappa shape index (κ1) is 26.4. The van der Waals surface area contributed by atoms with Crippen LogP contribution in [0.1, 0.15) is 64.2 Å². The number of aromatic nitrogens is 1. The van der Waals surface area contributed by atoms with Crippen molar-refractivity contribution >= 4 is 11.7 Å². The van der Waals surface area contributed by atoms with Gasteiger partial charge >= 0.3 is 6.18 Å². The minimum absolute atomic E-state index is 0.0215. The van der Waals surface area contributed by atoms with Gasteiger partial charge < -0.3 is 9.64 Å². The van der Waals surface area contributed by atoms with Gasteiger partial charge in [0.1, 0.15) is 0 Å². The molecule has 1 amide bonds. The Morgan fingerprint density at radius 3 is 2.72 bits per heavy atom. The lowest BCUT2D eigenvalue weighted by atomic mass is 9.82. The zero-order valence-electron chi connectivity index (χ0n) is 22.0. The molecule has 0 radical (unpaired) electrons. The Kier molecular flexibility index (Phi) is 7.22. The van der Waals surface area contributed by atoms with Crippen LogP contribution in [0.3, 0.4) is 0 Å². The molecule has 2 aromatic rings. The number of fused-ring (bicyclic) bond motifs is 2. The van der Waals surface area contributed by atoms with Crippen molar-refractivity contribution in [2.45, 2.75) is 56.7 Å². The standard InChI is InChI=1S/C30H34F3N3O3/c31-30(32,33)24-4-3-20-6-9-35(29(38)27(20)13-24)17-26(37)12-23-16-36(25-7-10-39-18-25)15-22(23)11-21-2-1-19-5-8-34-14-28(19)21/h3-5,8,13-14,21-23,25H,1-2,6-7,9-12,15-18H2/t21?,22-,23?,25?/m0/s1. The van der Waals surface area contributed by atoms with Crippen LogP contribution in [0.25, 0.3) is 0 Å². The van der Waals surface area contributed by atoms with Crippen LogP contribution < -0.4 is 0 Å². The fourth-order valence-electron chi connectivity index (χ4n) is 7.13. The van der Waals surface area contributed by atoms with Crippen molar-refractivity contribution in [2.24, 2.45) is 11.8 Å². The van der Waals surface area contributed by atoms with Crippen LogP contribution in [0, 0.1) is 11.8 Å². The second kappa shape index (κ2) is 10.7. The number of alkyl halides is 3. The third-order valence-electron chi connectivity index (χ3n) is 9.23. The number of ketones is 1. The third kappa shape index (κ3) is 5.48. The van der Waals surface area contributed by atoms with Crippen molar-refractivity contribution in [3.63, 3.8) is 0 Å². The molecule has 1 aliphatic carbocycles. The molecule has 0 bridgehead atoms. The van der Waals surface area contributed by atoms with Crippen LogP contribution in [0.15, 0.2) is 36.7 Å². The molecule has 4 aliphatic rings. The molecule has 1 aromatic carbocycles. The van der Waals surface area contributed by atoms with Crippen LogP contribution in [-0.4, -0.2) is 71.9 Å². The Hall–Kier alpha value is -2.78. The van der Waals surface area contributed by atoms with E-state index in [2.05, 4.69) is 16.0 Å². The number of rotatable bonds is 7. The Morgan fingerprint density at radius 1 is 1.08 bits per heavy atom. The molecule has 3 aliphatic heterocycles. The highest BCUT2D eigenvalue weighted by atomic mass is 19.4. The molecule has 2 fully saturated rings. The highest BCUT2D eigenvalue weighted by molar-refractivity contribution is 5.99. The number of amides is 1. The summed E-state index contributed by atoms with van der Waals surface area (Å²) in [6.07, 6.45) is 4.34. The molecule has 39 heavy (non-hydrogen) atoms. The lowest BCUT2D eigenvalue weighted by Crippen LogP contribution is -2.41.